The monoisotopic (exact) mass is 375 g/mol. The molecule has 136 valence electrons. The molecule has 1 aromatic heterocycles. The van der Waals surface area contributed by atoms with Crippen LogP contribution < -0.4 is 9.88 Å². The van der Waals surface area contributed by atoms with Gasteiger partial charge in [-0.05, 0) is 12.1 Å². The summed E-state index contributed by atoms with van der Waals surface area (Å²) in [6.07, 6.45) is 6.34. The van der Waals surface area contributed by atoms with E-state index in [0.29, 0.717) is 13.0 Å². The minimum absolute atomic E-state index is 0.0348. The van der Waals surface area contributed by atoms with Gasteiger partial charge in [-0.2, -0.15) is 0 Å². The van der Waals surface area contributed by atoms with Crippen molar-refractivity contribution in [3.63, 3.8) is 0 Å². The number of nitrogens with one attached hydrogen (secondary N) is 1. The Morgan fingerprint density at radius 3 is 2.12 bits per heavy atom. The van der Waals surface area contributed by atoms with Gasteiger partial charge in [0.05, 0.1) is 20.0 Å². The van der Waals surface area contributed by atoms with Crippen LogP contribution in [-0.4, -0.2) is 10.5 Å². The standard InChI is InChI=1S/C13H15N3O.F6P/c1-15-9-10-16(11-15)8-7-13(17)14-12-5-3-2-4-6-12;1-7(2,3,4,5)6/h2-6,9-11H,7-8H2,1H3;/q;-1/p+1. The molecule has 0 saturated carbocycles. The van der Waals surface area contributed by atoms with Gasteiger partial charge in [0.25, 0.3) is 0 Å². The third-order valence-corrected chi connectivity index (χ3v) is 2.48. The van der Waals surface area contributed by atoms with Crippen LogP contribution in [0, 0.1) is 0 Å². The molecule has 4 nitrogen and oxygen atoms in total. The maximum absolute atomic E-state index is 11.7. The zero-order chi connectivity index (χ0) is 18.5. The number of amides is 1. The number of halogens is 6. The second-order valence-corrected chi connectivity index (χ2v) is 6.86. The van der Waals surface area contributed by atoms with E-state index in [2.05, 4.69) is 5.32 Å². The van der Waals surface area contributed by atoms with Crippen LogP contribution in [-0.2, 0) is 18.4 Å². The van der Waals surface area contributed by atoms with Crippen LogP contribution in [0.3, 0.4) is 0 Å². The summed E-state index contributed by atoms with van der Waals surface area (Å²) in [6.45, 7) is 0.694. The predicted molar refractivity (Wildman–Crippen MR) is 78.9 cm³/mol. The van der Waals surface area contributed by atoms with Crippen molar-refractivity contribution in [2.24, 2.45) is 7.05 Å². The van der Waals surface area contributed by atoms with Crippen molar-refractivity contribution < 1.29 is 34.5 Å². The van der Waals surface area contributed by atoms with Gasteiger partial charge in [-0.1, -0.05) is 18.2 Å². The van der Waals surface area contributed by atoms with Crippen LogP contribution in [0.25, 0.3) is 0 Å². The Morgan fingerprint density at radius 2 is 1.67 bits per heavy atom. The number of rotatable bonds is 4. The molecule has 1 amide bonds. The first-order valence-electron chi connectivity index (χ1n) is 6.61. The van der Waals surface area contributed by atoms with Crippen molar-refractivity contribution in [2.75, 3.05) is 5.32 Å². The van der Waals surface area contributed by atoms with E-state index in [9.17, 15) is 30.0 Å². The maximum atomic E-state index is 11.7. The Morgan fingerprint density at radius 1 is 1.12 bits per heavy atom. The Hall–Kier alpha value is -2.09. The first-order chi connectivity index (χ1) is 10.7. The number of aryl methyl sites for hydroxylation is 2. The molecule has 0 unspecified atom stereocenters. The summed E-state index contributed by atoms with van der Waals surface area (Å²) in [4.78, 5) is 11.7. The number of hydrogen-bond donors (Lipinski definition) is 1. The van der Waals surface area contributed by atoms with E-state index < -0.39 is 7.81 Å². The van der Waals surface area contributed by atoms with Crippen molar-refractivity contribution in [3.05, 3.63) is 49.1 Å². The average Bonchev–Trinajstić information content (AvgIpc) is 2.80. The second-order valence-electron chi connectivity index (χ2n) is 4.94. The van der Waals surface area contributed by atoms with Crippen molar-refractivity contribution >= 4 is 19.4 Å². The van der Waals surface area contributed by atoms with Crippen LogP contribution in [0.2, 0.25) is 0 Å². The topological polar surface area (TPSA) is 37.9 Å². The molecule has 0 bridgehead atoms. The van der Waals surface area contributed by atoms with Gasteiger partial charge in [0, 0.05) is 5.69 Å². The molecule has 1 heterocycles. The van der Waals surface area contributed by atoms with Gasteiger partial charge in [0.15, 0.2) is 0 Å². The summed E-state index contributed by atoms with van der Waals surface area (Å²) in [6, 6.07) is 9.50. The number of hydrogen-bond acceptors (Lipinski definition) is 1. The van der Waals surface area contributed by atoms with Crippen molar-refractivity contribution in [3.8, 4) is 0 Å². The van der Waals surface area contributed by atoms with E-state index >= 15 is 0 Å². The second kappa shape index (κ2) is 6.43. The number of para-hydroxylation sites is 1. The summed E-state index contributed by atoms with van der Waals surface area (Å²) in [5.41, 5.74) is 0.843. The molecule has 0 saturated heterocycles. The molecule has 1 aromatic carbocycles. The zero-order valence-electron chi connectivity index (χ0n) is 12.6. The first kappa shape index (κ1) is 20.0. The van der Waals surface area contributed by atoms with Crippen molar-refractivity contribution in [1.82, 2.24) is 4.57 Å². The third-order valence-electron chi connectivity index (χ3n) is 2.48. The van der Waals surface area contributed by atoms with Crippen LogP contribution in [0.4, 0.5) is 30.9 Å². The number of anilines is 1. The van der Waals surface area contributed by atoms with E-state index in [1.165, 1.54) is 0 Å². The Labute approximate surface area is 133 Å². The number of nitrogens with zero attached hydrogens (tertiary/aromatic N) is 2. The molecule has 2 rings (SSSR count). The van der Waals surface area contributed by atoms with Crippen molar-refractivity contribution in [2.45, 2.75) is 13.0 Å². The summed E-state index contributed by atoms with van der Waals surface area (Å²) >= 11 is 0. The summed E-state index contributed by atoms with van der Waals surface area (Å²) < 4.78 is 63.1. The Balaban J connectivity index is 0.000000351. The van der Waals surface area contributed by atoms with Gasteiger partial charge in [-0.15, -0.1) is 0 Å². The summed E-state index contributed by atoms with van der Waals surface area (Å²) in [7, 11) is -8.70. The Kier molecular flexibility index (Phi) is 5.34. The SMILES string of the molecule is C[n+]1ccn(CCC(=O)Nc2ccccc2)c1.F[P-](F)(F)(F)(F)F. The van der Waals surface area contributed by atoms with Crippen molar-refractivity contribution in [1.29, 1.82) is 0 Å². The number of carbonyl (C=O) groups excluding carboxylic acids is 1. The molecule has 11 heteroatoms. The molecule has 0 aliphatic carbocycles. The molecule has 0 aliphatic rings. The fraction of sp³-hybridized carbons (Fsp3) is 0.231. The van der Waals surface area contributed by atoms with Gasteiger partial charge < -0.3 is 5.32 Å². The van der Waals surface area contributed by atoms with Gasteiger partial charge >= 0.3 is 33.0 Å². The van der Waals surface area contributed by atoms with Gasteiger partial charge in [0.1, 0.15) is 12.4 Å². The molecule has 0 radical (unpaired) electrons. The molecule has 0 fully saturated rings. The molecular weight excluding hydrogens is 359 g/mol. The molecule has 2 aromatic rings. The summed E-state index contributed by atoms with van der Waals surface area (Å²) in [5, 5.41) is 2.86. The van der Waals surface area contributed by atoms with E-state index in [1.54, 1.807) is 0 Å². The summed E-state index contributed by atoms with van der Waals surface area (Å²) in [5.74, 6) is 0.0348. The molecule has 24 heavy (non-hydrogen) atoms. The first-order valence-corrected chi connectivity index (χ1v) is 8.64. The van der Waals surface area contributed by atoms with E-state index in [0.717, 1.165) is 5.69 Å². The van der Waals surface area contributed by atoms with E-state index in [1.807, 2.05) is 65.2 Å². The molecule has 0 aliphatic heterocycles. The van der Waals surface area contributed by atoms with Crippen LogP contribution >= 0.6 is 7.81 Å². The number of imidazole rings is 1. The molecule has 0 spiro atoms. The molecule has 0 atom stereocenters. The quantitative estimate of drug-likeness (QED) is 0.469. The fourth-order valence-corrected chi connectivity index (χ4v) is 1.61. The normalized spacial score (nSPS) is 14.0. The fourth-order valence-electron chi connectivity index (χ4n) is 1.61. The van der Waals surface area contributed by atoms with Gasteiger partial charge in [-0.3, -0.25) is 4.79 Å². The van der Waals surface area contributed by atoms with Gasteiger partial charge in [-0.25, -0.2) is 9.13 Å². The number of carbonyl (C=O) groups is 1. The number of benzene rings is 1. The van der Waals surface area contributed by atoms with Crippen LogP contribution in [0.15, 0.2) is 49.1 Å². The Bertz CT molecular complexity index is 673. The van der Waals surface area contributed by atoms with Gasteiger partial charge in [0.2, 0.25) is 12.2 Å². The zero-order valence-corrected chi connectivity index (χ0v) is 13.4. The van der Waals surface area contributed by atoms with Crippen LogP contribution in [0.5, 0.6) is 0 Å². The van der Waals surface area contributed by atoms with E-state index in [4.69, 9.17) is 0 Å². The predicted octanol–water partition coefficient (Wildman–Crippen LogP) is 4.72. The van der Waals surface area contributed by atoms with E-state index in [-0.39, 0.29) is 5.91 Å². The van der Waals surface area contributed by atoms with Crippen LogP contribution in [0.1, 0.15) is 6.42 Å². The minimum atomic E-state index is -10.7. The average molecular weight is 375 g/mol. The third kappa shape index (κ3) is 12.5. The molecule has 1 N–H and O–H groups in total. The number of aromatic nitrogens is 2. The molecular formula is C13H16F6N3OP.